The number of benzene rings is 3. The molecule has 146 valence electrons. The standard InChI is InChI=1S/C24H24N2O2Si/c1-19(2)25-18-23(27)26(24(25)28)29(20-12-6-3-7-13-20,21-14-8-4-9-15-21)22-16-10-5-11-17-22/h3-17,19H,18H2,1-2H3. The Balaban J connectivity index is 2.07. The number of rotatable bonds is 5. The van der Waals surface area contributed by atoms with E-state index in [9.17, 15) is 9.59 Å². The average Bonchev–Trinajstić information content (AvgIpc) is 3.06. The van der Waals surface area contributed by atoms with Crippen molar-refractivity contribution in [2.24, 2.45) is 0 Å². The summed E-state index contributed by atoms with van der Waals surface area (Å²) in [5.74, 6) is -0.132. The summed E-state index contributed by atoms with van der Waals surface area (Å²) in [6, 6.07) is 29.8. The van der Waals surface area contributed by atoms with Gasteiger partial charge in [-0.3, -0.25) is 9.36 Å². The van der Waals surface area contributed by atoms with Gasteiger partial charge in [0, 0.05) is 6.04 Å². The molecule has 1 fully saturated rings. The van der Waals surface area contributed by atoms with Crippen LogP contribution in [0.4, 0.5) is 4.79 Å². The van der Waals surface area contributed by atoms with E-state index in [4.69, 9.17) is 0 Å². The Hall–Kier alpha value is -3.18. The molecule has 0 radical (unpaired) electrons. The Bertz CT molecular complexity index is 910. The van der Waals surface area contributed by atoms with E-state index in [1.54, 1.807) is 9.47 Å². The summed E-state index contributed by atoms with van der Waals surface area (Å²) < 4.78 is 1.59. The van der Waals surface area contributed by atoms with Gasteiger partial charge in [0.1, 0.15) is 6.54 Å². The molecule has 0 saturated carbocycles. The van der Waals surface area contributed by atoms with Gasteiger partial charge in [-0.05, 0) is 29.4 Å². The minimum atomic E-state index is -3.11. The normalized spacial score (nSPS) is 14.7. The summed E-state index contributed by atoms with van der Waals surface area (Å²) >= 11 is 0. The smallest absolute Gasteiger partial charge is 0.313 e. The van der Waals surface area contributed by atoms with Gasteiger partial charge < -0.3 is 4.90 Å². The van der Waals surface area contributed by atoms with Gasteiger partial charge in [0.05, 0.1) is 0 Å². The molecular weight excluding hydrogens is 376 g/mol. The van der Waals surface area contributed by atoms with Crippen LogP contribution in [0.25, 0.3) is 0 Å². The Morgan fingerprint density at radius 1 is 0.690 bits per heavy atom. The first-order valence-electron chi connectivity index (χ1n) is 9.87. The molecule has 0 atom stereocenters. The number of carbonyl (C=O) groups is 2. The van der Waals surface area contributed by atoms with E-state index >= 15 is 0 Å². The summed E-state index contributed by atoms with van der Waals surface area (Å²) in [6.07, 6.45) is 0. The van der Waals surface area contributed by atoms with Crippen LogP contribution in [0, 0.1) is 0 Å². The first kappa shape index (κ1) is 19.1. The third-order valence-corrected chi connectivity index (χ3v) is 10.1. The number of urea groups is 1. The van der Waals surface area contributed by atoms with E-state index in [0.717, 1.165) is 15.6 Å². The Kier molecular flexibility index (Phi) is 5.07. The SMILES string of the molecule is CC(C)N1CC(=O)N([Si](c2ccccc2)(c2ccccc2)c2ccccc2)C1=O. The van der Waals surface area contributed by atoms with E-state index in [-0.39, 0.29) is 24.5 Å². The third kappa shape index (κ3) is 3.08. The van der Waals surface area contributed by atoms with Crippen LogP contribution in [0.1, 0.15) is 13.8 Å². The van der Waals surface area contributed by atoms with E-state index in [1.807, 2.05) is 105 Å². The highest BCUT2D eigenvalue weighted by atomic mass is 28.3. The molecule has 1 heterocycles. The minimum Gasteiger partial charge on any atom is -0.313 e. The molecule has 5 heteroatoms. The summed E-state index contributed by atoms with van der Waals surface area (Å²) in [7, 11) is -3.11. The molecule has 3 amide bonds. The lowest BCUT2D eigenvalue weighted by Gasteiger charge is -2.39. The molecule has 1 aliphatic rings. The molecule has 0 spiro atoms. The fraction of sp³-hybridized carbons (Fsp3) is 0.167. The third-order valence-electron chi connectivity index (χ3n) is 5.53. The second-order valence-corrected chi connectivity index (χ2v) is 11.1. The summed E-state index contributed by atoms with van der Waals surface area (Å²) in [5.41, 5.74) is 0. The van der Waals surface area contributed by atoms with Gasteiger partial charge in [-0.15, -0.1) is 0 Å². The molecule has 0 N–H and O–H groups in total. The number of hydrogen-bond acceptors (Lipinski definition) is 2. The maximum absolute atomic E-state index is 13.6. The molecule has 0 aromatic heterocycles. The van der Waals surface area contributed by atoms with Gasteiger partial charge >= 0.3 is 6.03 Å². The molecule has 0 bridgehead atoms. The van der Waals surface area contributed by atoms with Crippen LogP contribution in [-0.2, 0) is 4.79 Å². The van der Waals surface area contributed by atoms with Crippen molar-refractivity contribution >= 4 is 35.7 Å². The van der Waals surface area contributed by atoms with Crippen molar-refractivity contribution in [2.75, 3.05) is 6.54 Å². The molecule has 3 aromatic rings. The van der Waals surface area contributed by atoms with E-state index < -0.39 is 8.24 Å². The van der Waals surface area contributed by atoms with Gasteiger partial charge in [-0.25, -0.2) is 4.79 Å². The van der Waals surface area contributed by atoms with Crippen LogP contribution >= 0.6 is 0 Å². The van der Waals surface area contributed by atoms with Gasteiger partial charge in [-0.1, -0.05) is 91.0 Å². The zero-order valence-corrected chi connectivity index (χ0v) is 17.7. The quantitative estimate of drug-likeness (QED) is 0.375. The summed E-state index contributed by atoms with van der Waals surface area (Å²) in [6.45, 7) is 4.02. The first-order valence-corrected chi connectivity index (χ1v) is 11.8. The lowest BCUT2D eigenvalue weighted by Crippen LogP contribution is -2.78. The van der Waals surface area contributed by atoms with Crippen LogP contribution in [0.5, 0.6) is 0 Å². The van der Waals surface area contributed by atoms with Crippen molar-refractivity contribution in [2.45, 2.75) is 19.9 Å². The van der Waals surface area contributed by atoms with E-state index in [1.165, 1.54) is 0 Å². The van der Waals surface area contributed by atoms with Crippen molar-refractivity contribution in [3.05, 3.63) is 91.0 Å². The van der Waals surface area contributed by atoms with Crippen LogP contribution in [0.15, 0.2) is 91.0 Å². The van der Waals surface area contributed by atoms with Crippen molar-refractivity contribution in [3.63, 3.8) is 0 Å². The Labute approximate surface area is 172 Å². The minimum absolute atomic E-state index is 0.0366. The number of imide groups is 1. The molecule has 0 aliphatic carbocycles. The highest BCUT2D eigenvalue weighted by Gasteiger charge is 2.55. The monoisotopic (exact) mass is 400 g/mol. The van der Waals surface area contributed by atoms with Gasteiger partial charge in [0.25, 0.3) is 8.24 Å². The fourth-order valence-electron chi connectivity index (χ4n) is 4.18. The van der Waals surface area contributed by atoms with Crippen LogP contribution in [0.3, 0.4) is 0 Å². The lowest BCUT2D eigenvalue weighted by molar-refractivity contribution is -0.122. The lowest BCUT2D eigenvalue weighted by atomic mass is 10.3. The highest BCUT2D eigenvalue weighted by Crippen LogP contribution is 2.22. The molecule has 1 saturated heterocycles. The number of carbonyl (C=O) groups excluding carboxylic acids is 2. The van der Waals surface area contributed by atoms with Crippen molar-refractivity contribution in [1.82, 2.24) is 9.47 Å². The number of hydrogen-bond donors (Lipinski definition) is 0. The zero-order valence-electron chi connectivity index (χ0n) is 16.7. The number of nitrogens with zero attached hydrogens (tertiary/aromatic N) is 2. The largest absolute Gasteiger partial charge is 0.320 e. The first-order chi connectivity index (χ1) is 14.1. The Morgan fingerprint density at radius 2 is 1.07 bits per heavy atom. The zero-order chi connectivity index (χ0) is 20.4. The van der Waals surface area contributed by atoms with Gasteiger partial charge in [0.15, 0.2) is 0 Å². The van der Waals surface area contributed by atoms with Crippen LogP contribution in [0.2, 0.25) is 0 Å². The predicted octanol–water partition coefficient (Wildman–Crippen LogP) is 2.33. The molecule has 4 nitrogen and oxygen atoms in total. The molecule has 4 rings (SSSR count). The average molecular weight is 401 g/mol. The predicted molar refractivity (Wildman–Crippen MR) is 118 cm³/mol. The van der Waals surface area contributed by atoms with Crippen molar-refractivity contribution in [3.8, 4) is 0 Å². The molecule has 0 unspecified atom stereocenters. The van der Waals surface area contributed by atoms with Crippen LogP contribution in [-0.4, -0.2) is 42.2 Å². The maximum Gasteiger partial charge on any atom is 0.320 e. The molecule has 1 aliphatic heterocycles. The molecular formula is C24H24N2O2Si. The second-order valence-electron chi connectivity index (χ2n) is 7.54. The van der Waals surface area contributed by atoms with E-state index in [0.29, 0.717) is 0 Å². The Morgan fingerprint density at radius 3 is 1.38 bits per heavy atom. The van der Waals surface area contributed by atoms with Gasteiger partial charge in [0.2, 0.25) is 5.91 Å². The van der Waals surface area contributed by atoms with Crippen molar-refractivity contribution in [1.29, 1.82) is 0 Å². The maximum atomic E-state index is 13.6. The summed E-state index contributed by atoms with van der Waals surface area (Å²) in [5, 5.41) is 3.05. The number of amides is 3. The topological polar surface area (TPSA) is 40.6 Å². The van der Waals surface area contributed by atoms with Crippen LogP contribution < -0.4 is 15.6 Å². The molecule has 3 aromatic carbocycles. The summed E-state index contributed by atoms with van der Waals surface area (Å²) in [4.78, 5) is 28.6. The fourth-order valence-corrected chi connectivity index (χ4v) is 8.84. The van der Waals surface area contributed by atoms with Crippen molar-refractivity contribution < 1.29 is 9.59 Å². The second kappa shape index (κ2) is 7.68. The van der Waals surface area contributed by atoms with Gasteiger partial charge in [-0.2, -0.15) is 0 Å². The molecule has 29 heavy (non-hydrogen) atoms. The van der Waals surface area contributed by atoms with E-state index in [2.05, 4.69) is 0 Å². The highest BCUT2D eigenvalue weighted by molar-refractivity contribution is 7.11.